The first-order valence-corrected chi connectivity index (χ1v) is 7.26. The van der Waals surface area contributed by atoms with Gasteiger partial charge in [-0.05, 0) is 37.9 Å². The molecule has 1 atom stereocenters. The van der Waals surface area contributed by atoms with Gasteiger partial charge in [0.05, 0.1) is 6.20 Å². The number of hydrogen-bond acceptors (Lipinski definition) is 4. The van der Waals surface area contributed by atoms with Crippen molar-refractivity contribution in [2.75, 3.05) is 19.6 Å². The van der Waals surface area contributed by atoms with Crippen LogP contribution >= 0.6 is 12.4 Å². The van der Waals surface area contributed by atoms with Crippen LogP contribution in [0, 0.1) is 5.92 Å². The summed E-state index contributed by atoms with van der Waals surface area (Å²) in [4.78, 5) is 0. The Bertz CT molecular complexity index is 468. The second-order valence-electron chi connectivity index (χ2n) is 4.34. The standard InChI is InChI=1S/C10H18N4O2S.ClH/c1-14-10(4-6-12-14)17(15,16)13-7-3-9-2-5-11-8-9;/h4,6,9,11,13H,2-3,5,7-8H2,1H3;1H. The highest BCUT2D eigenvalue weighted by Gasteiger charge is 2.19. The smallest absolute Gasteiger partial charge is 0.257 e. The third kappa shape index (κ3) is 3.68. The fraction of sp³-hybridized carbons (Fsp3) is 0.700. The molecule has 1 unspecified atom stereocenters. The molecule has 0 radical (unpaired) electrons. The van der Waals surface area contributed by atoms with E-state index in [0.29, 0.717) is 12.5 Å². The molecule has 0 bridgehead atoms. The van der Waals surface area contributed by atoms with Crippen LogP contribution < -0.4 is 10.0 Å². The molecular weight excluding hydrogens is 276 g/mol. The van der Waals surface area contributed by atoms with E-state index in [0.717, 1.165) is 25.9 Å². The first-order chi connectivity index (χ1) is 8.09. The number of aryl methyl sites for hydroxylation is 1. The molecule has 0 spiro atoms. The van der Waals surface area contributed by atoms with Crippen LogP contribution in [0.25, 0.3) is 0 Å². The summed E-state index contributed by atoms with van der Waals surface area (Å²) in [7, 11) is -1.79. The maximum Gasteiger partial charge on any atom is 0.257 e. The summed E-state index contributed by atoms with van der Waals surface area (Å²) in [6, 6.07) is 1.50. The predicted octanol–water partition coefficient (Wildman–Crippen LogP) is 0.120. The molecule has 8 heteroatoms. The van der Waals surface area contributed by atoms with E-state index in [4.69, 9.17) is 0 Å². The van der Waals surface area contributed by atoms with Gasteiger partial charge in [-0.15, -0.1) is 12.4 Å². The van der Waals surface area contributed by atoms with E-state index in [9.17, 15) is 8.42 Å². The molecule has 1 saturated heterocycles. The molecule has 0 saturated carbocycles. The Morgan fingerprint density at radius 1 is 1.61 bits per heavy atom. The van der Waals surface area contributed by atoms with Crippen LogP contribution in [0.15, 0.2) is 17.3 Å². The Balaban J connectivity index is 0.00000162. The molecule has 0 amide bonds. The maximum absolute atomic E-state index is 11.9. The molecule has 6 nitrogen and oxygen atoms in total. The minimum atomic E-state index is -3.41. The van der Waals surface area contributed by atoms with Crippen LogP contribution in [0.1, 0.15) is 12.8 Å². The molecule has 2 rings (SSSR count). The lowest BCUT2D eigenvalue weighted by Gasteiger charge is -2.09. The van der Waals surface area contributed by atoms with Crippen LogP contribution in [0.3, 0.4) is 0 Å². The van der Waals surface area contributed by atoms with Gasteiger partial charge in [-0.3, -0.25) is 4.68 Å². The molecule has 0 aliphatic carbocycles. The molecule has 2 heterocycles. The molecule has 2 N–H and O–H groups in total. The van der Waals surface area contributed by atoms with Crippen molar-refractivity contribution in [2.24, 2.45) is 13.0 Å². The SMILES string of the molecule is Cl.Cn1nccc1S(=O)(=O)NCCC1CCNC1. The zero-order valence-electron chi connectivity index (χ0n) is 10.3. The summed E-state index contributed by atoms with van der Waals surface area (Å²) in [6.45, 7) is 2.52. The average Bonchev–Trinajstić information content (AvgIpc) is 2.88. The molecule has 1 aliphatic heterocycles. The van der Waals surface area contributed by atoms with Crippen LogP contribution in [-0.2, 0) is 17.1 Å². The number of aromatic nitrogens is 2. The van der Waals surface area contributed by atoms with Crippen molar-refractivity contribution in [3.05, 3.63) is 12.3 Å². The zero-order valence-corrected chi connectivity index (χ0v) is 11.9. The van der Waals surface area contributed by atoms with Gasteiger partial charge in [-0.1, -0.05) is 0 Å². The lowest BCUT2D eigenvalue weighted by atomic mass is 10.1. The molecule has 104 valence electrons. The first kappa shape index (κ1) is 15.4. The molecule has 1 aromatic rings. The van der Waals surface area contributed by atoms with E-state index >= 15 is 0 Å². The highest BCUT2D eigenvalue weighted by molar-refractivity contribution is 7.89. The summed E-state index contributed by atoms with van der Waals surface area (Å²) in [5, 5.41) is 7.33. The minimum absolute atomic E-state index is 0. The lowest BCUT2D eigenvalue weighted by Crippen LogP contribution is -2.28. The molecule has 1 aliphatic rings. The Hall–Kier alpha value is -0.630. The van der Waals surface area contributed by atoms with Crippen LogP contribution in [0.4, 0.5) is 0 Å². The van der Waals surface area contributed by atoms with Crippen molar-refractivity contribution in [2.45, 2.75) is 17.9 Å². The summed E-state index contributed by atoms with van der Waals surface area (Å²) < 4.78 is 27.8. The number of rotatable bonds is 5. The monoisotopic (exact) mass is 294 g/mol. The Morgan fingerprint density at radius 2 is 2.39 bits per heavy atom. The normalized spacial score (nSPS) is 19.7. The van der Waals surface area contributed by atoms with Crippen LogP contribution in [-0.4, -0.2) is 37.8 Å². The van der Waals surface area contributed by atoms with Crippen molar-refractivity contribution in [3.8, 4) is 0 Å². The fourth-order valence-corrected chi connectivity index (χ4v) is 3.23. The number of nitrogens with one attached hydrogen (secondary N) is 2. The van der Waals surface area contributed by atoms with Gasteiger partial charge in [-0.2, -0.15) is 5.10 Å². The fourth-order valence-electron chi connectivity index (χ4n) is 2.06. The van der Waals surface area contributed by atoms with Crippen LogP contribution in [0.2, 0.25) is 0 Å². The van der Waals surface area contributed by atoms with Crippen LogP contribution in [0.5, 0.6) is 0 Å². The van der Waals surface area contributed by atoms with Gasteiger partial charge in [0.1, 0.15) is 0 Å². The Kier molecular flexibility index (Phi) is 5.58. The second-order valence-corrected chi connectivity index (χ2v) is 6.05. The summed E-state index contributed by atoms with van der Waals surface area (Å²) in [6.07, 6.45) is 3.49. The van der Waals surface area contributed by atoms with Gasteiger partial charge in [0, 0.05) is 13.6 Å². The summed E-state index contributed by atoms with van der Waals surface area (Å²) >= 11 is 0. The molecule has 1 aromatic heterocycles. The third-order valence-electron chi connectivity index (χ3n) is 3.06. The minimum Gasteiger partial charge on any atom is -0.316 e. The van der Waals surface area contributed by atoms with Gasteiger partial charge in [0.25, 0.3) is 10.0 Å². The molecule has 18 heavy (non-hydrogen) atoms. The number of nitrogens with zero attached hydrogens (tertiary/aromatic N) is 2. The van der Waals surface area contributed by atoms with E-state index in [2.05, 4.69) is 15.1 Å². The largest absolute Gasteiger partial charge is 0.316 e. The summed E-state index contributed by atoms with van der Waals surface area (Å²) in [5.41, 5.74) is 0. The van der Waals surface area contributed by atoms with Crippen molar-refractivity contribution in [3.63, 3.8) is 0 Å². The summed E-state index contributed by atoms with van der Waals surface area (Å²) in [5.74, 6) is 0.587. The first-order valence-electron chi connectivity index (χ1n) is 5.78. The Labute approximate surface area is 114 Å². The zero-order chi connectivity index (χ0) is 12.3. The lowest BCUT2D eigenvalue weighted by molar-refractivity contribution is 0.515. The van der Waals surface area contributed by atoms with E-state index < -0.39 is 10.0 Å². The molecular formula is C10H19ClN4O2S. The van der Waals surface area contributed by atoms with Gasteiger partial charge in [0.15, 0.2) is 5.03 Å². The number of halogens is 1. The Morgan fingerprint density at radius 3 is 2.94 bits per heavy atom. The van der Waals surface area contributed by atoms with Gasteiger partial charge in [0.2, 0.25) is 0 Å². The van der Waals surface area contributed by atoms with Crippen molar-refractivity contribution >= 4 is 22.4 Å². The maximum atomic E-state index is 11.9. The predicted molar refractivity (Wildman–Crippen MR) is 71.2 cm³/mol. The van der Waals surface area contributed by atoms with E-state index in [-0.39, 0.29) is 17.4 Å². The van der Waals surface area contributed by atoms with E-state index in [1.807, 2.05) is 0 Å². The average molecular weight is 295 g/mol. The number of hydrogen-bond donors (Lipinski definition) is 2. The number of sulfonamides is 1. The highest BCUT2D eigenvalue weighted by atomic mass is 35.5. The second kappa shape index (κ2) is 6.51. The molecule has 1 fully saturated rings. The quantitative estimate of drug-likeness (QED) is 0.809. The third-order valence-corrected chi connectivity index (χ3v) is 4.59. The van der Waals surface area contributed by atoms with E-state index in [1.165, 1.54) is 16.9 Å². The molecule has 0 aromatic carbocycles. The van der Waals surface area contributed by atoms with Gasteiger partial charge < -0.3 is 5.32 Å². The van der Waals surface area contributed by atoms with Gasteiger partial charge >= 0.3 is 0 Å². The highest BCUT2D eigenvalue weighted by Crippen LogP contribution is 2.12. The van der Waals surface area contributed by atoms with Gasteiger partial charge in [-0.25, -0.2) is 13.1 Å². The van der Waals surface area contributed by atoms with Crippen molar-refractivity contribution in [1.29, 1.82) is 0 Å². The topological polar surface area (TPSA) is 76.0 Å². The van der Waals surface area contributed by atoms with E-state index in [1.54, 1.807) is 7.05 Å². The van der Waals surface area contributed by atoms with Crippen molar-refractivity contribution < 1.29 is 8.42 Å². The van der Waals surface area contributed by atoms with Crippen molar-refractivity contribution in [1.82, 2.24) is 19.8 Å².